The van der Waals surface area contributed by atoms with Crippen LogP contribution in [0.1, 0.15) is 28.8 Å². The Labute approximate surface area is 147 Å². The van der Waals surface area contributed by atoms with Gasteiger partial charge in [-0.15, -0.1) is 36.2 Å². The van der Waals surface area contributed by atoms with Crippen LogP contribution in [0, 0.1) is 0 Å². The van der Waals surface area contributed by atoms with Crippen molar-refractivity contribution in [1.29, 1.82) is 0 Å². The molecule has 0 aliphatic carbocycles. The first-order valence-electron chi connectivity index (χ1n) is 6.72. The highest BCUT2D eigenvalue weighted by atomic mass is 35.5. The zero-order valence-electron chi connectivity index (χ0n) is 12.4. The lowest BCUT2D eigenvalue weighted by atomic mass is 10.1. The number of halogens is 2. The maximum Gasteiger partial charge on any atom is 0.220 e. The van der Waals surface area contributed by atoms with Crippen LogP contribution in [-0.4, -0.2) is 10.9 Å². The van der Waals surface area contributed by atoms with Gasteiger partial charge >= 0.3 is 0 Å². The van der Waals surface area contributed by atoms with Gasteiger partial charge in [-0.1, -0.05) is 25.1 Å². The second-order valence-corrected chi connectivity index (χ2v) is 5.75. The lowest BCUT2D eigenvalue weighted by molar-refractivity contribution is -0.121. The highest BCUT2D eigenvalue weighted by molar-refractivity contribution is 7.11. The maximum absolute atomic E-state index is 11.8. The third kappa shape index (κ3) is 6.22. The number of nitrogens with zero attached hydrogens (tertiary/aromatic N) is 1. The summed E-state index contributed by atoms with van der Waals surface area (Å²) in [5, 5.41) is 3.85. The molecule has 4 nitrogen and oxygen atoms in total. The summed E-state index contributed by atoms with van der Waals surface area (Å²) in [5.41, 5.74) is 7.61. The van der Waals surface area contributed by atoms with Crippen molar-refractivity contribution in [1.82, 2.24) is 10.3 Å². The average molecular weight is 362 g/mol. The van der Waals surface area contributed by atoms with E-state index >= 15 is 0 Å². The Morgan fingerprint density at radius 1 is 1.32 bits per heavy atom. The molecule has 0 fully saturated rings. The van der Waals surface area contributed by atoms with E-state index in [1.807, 2.05) is 30.5 Å². The van der Waals surface area contributed by atoms with Gasteiger partial charge in [-0.2, -0.15) is 0 Å². The van der Waals surface area contributed by atoms with E-state index in [4.69, 9.17) is 5.73 Å². The van der Waals surface area contributed by atoms with E-state index in [0.29, 0.717) is 19.4 Å². The van der Waals surface area contributed by atoms with E-state index in [1.165, 1.54) is 4.88 Å². The lowest BCUT2D eigenvalue weighted by Gasteiger charge is -2.05. The third-order valence-electron chi connectivity index (χ3n) is 3.06. The molecule has 0 radical (unpaired) electrons. The summed E-state index contributed by atoms with van der Waals surface area (Å²) in [5.74, 6) is 0.0292. The molecule has 1 amide bonds. The molecular formula is C15H21Cl2N3OS. The number of hydrogen-bond donors (Lipinski definition) is 2. The van der Waals surface area contributed by atoms with Gasteiger partial charge < -0.3 is 11.1 Å². The molecule has 22 heavy (non-hydrogen) atoms. The summed E-state index contributed by atoms with van der Waals surface area (Å²) < 4.78 is 0. The van der Waals surface area contributed by atoms with Gasteiger partial charge in [-0.05, 0) is 24.5 Å². The molecule has 2 aromatic rings. The quantitative estimate of drug-likeness (QED) is 0.774. The molecule has 0 unspecified atom stereocenters. The predicted molar refractivity (Wildman–Crippen MR) is 97.0 cm³/mol. The van der Waals surface area contributed by atoms with Gasteiger partial charge in [0.15, 0.2) is 0 Å². The average Bonchev–Trinajstić information content (AvgIpc) is 2.92. The zero-order chi connectivity index (χ0) is 14.4. The Balaban J connectivity index is 0.00000220. The van der Waals surface area contributed by atoms with Gasteiger partial charge in [0.1, 0.15) is 5.01 Å². The number of thiazole rings is 1. The number of nitrogens with one attached hydrogen (secondary N) is 1. The first-order valence-corrected chi connectivity index (χ1v) is 7.54. The minimum Gasteiger partial charge on any atom is -0.399 e. The van der Waals surface area contributed by atoms with Gasteiger partial charge in [0, 0.05) is 23.2 Å². The first-order chi connectivity index (χ1) is 9.69. The molecule has 0 saturated heterocycles. The van der Waals surface area contributed by atoms with Gasteiger partial charge in [0.2, 0.25) is 5.91 Å². The molecule has 0 aliphatic heterocycles. The zero-order valence-corrected chi connectivity index (χ0v) is 14.8. The third-order valence-corrected chi connectivity index (χ3v) is 4.20. The largest absolute Gasteiger partial charge is 0.399 e. The molecule has 0 atom stereocenters. The molecule has 1 aromatic carbocycles. The number of carbonyl (C=O) groups is 1. The number of benzene rings is 1. The van der Waals surface area contributed by atoms with Crippen LogP contribution in [0.5, 0.6) is 0 Å². The number of carbonyl (C=O) groups excluding carboxylic acids is 1. The Kier molecular flexibility index (Phi) is 9.81. The first kappa shape index (κ1) is 20.7. The highest BCUT2D eigenvalue weighted by Gasteiger charge is 2.06. The van der Waals surface area contributed by atoms with Crippen LogP contribution in [-0.2, 0) is 24.2 Å². The SMILES string of the molecule is CCc1cnc(CNC(=O)CCc2ccccc2N)s1.Cl.Cl. The van der Waals surface area contributed by atoms with Crippen LogP contribution in [0.2, 0.25) is 0 Å². The maximum atomic E-state index is 11.8. The number of anilines is 1. The van der Waals surface area contributed by atoms with Crippen LogP contribution in [0.3, 0.4) is 0 Å². The fraction of sp³-hybridized carbons (Fsp3) is 0.333. The van der Waals surface area contributed by atoms with Crippen LogP contribution >= 0.6 is 36.2 Å². The van der Waals surface area contributed by atoms with Crippen molar-refractivity contribution in [2.24, 2.45) is 0 Å². The molecule has 1 aromatic heterocycles. The van der Waals surface area contributed by atoms with Crippen molar-refractivity contribution in [3.63, 3.8) is 0 Å². The molecule has 0 spiro atoms. The second-order valence-electron chi connectivity index (χ2n) is 4.55. The molecule has 1 heterocycles. The minimum absolute atomic E-state index is 0. The fourth-order valence-electron chi connectivity index (χ4n) is 1.87. The lowest BCUT2D eigenvalue weighted by Crippen LogP contribution is -2.23. The van der Waals surface area contributed by atoms with Crippen LogP contribution in [0.25, 0.3) is 0 Å². The van der Waals surface area contributed by atoms with Gasteiger partial charge in [0.25, 0.3) is 0 Å². The second kappa shape index (κ2) is 10.4. The summed E-state index contributed by atoms with van der Waals surface area (Å²) in [7, 11) is 0. The molecule has 0 saturated carbocycles. The number of para-hydroxylation sites is 1. The molecule has 2 rings (SSSR count). The number of rotatable bonds is 6. The van der Waals surface area contributed by atoms with Crippen molar-refractivity contribution >= 4 is 47.7 Å². The Morgan fingerprint density at radius 2 is 2.05 bits per heavy atom. The summed E-state index contributed by atoms with van der Waals surface area (Å²) in [6.07, 6.45) is 3.96. The fourth-order valence-corrected chi connectivity index (χ4v) is 2.67. The van der Waals surface area contributed by atoms with Crippen LogP contribution in [0.15, 0.2) is 30.5 Å². The number of hydrogen-bond acceptors (Lipinski definition) is 4. The Morgan fingerprint density at radius 3 is 2.68 bits per heavy atom. The van der Waals surface area contributed by atoms with E-state index in [-0.39, 0.29) is 30.7 Å². The molecule has 0 aliphatic rings. The molecule has 0 bridgehead atoms. The molecule has 122 valence electrons. The van der Waals surface area contributed by atoms with Crippen molar-refractivity contribution in [3.8, 4) is 0 Å². The summed E-state index contributed by atoms with van der Waals surface area (Å²) in [4.78, 5) is 17.3. The highest BCUT2D eigenvalue weighted by Crippen LogP contribution is 2.14. The number of nitrogens with two attached hydrogens (primary N) is 1. The van der Waals surface area contributed by atoms with Crippen molar-refractivity contribution in [3.05, 3.63) is 45.9 Å². The van der Waals surface area contributed by atoms with E-state index in [2.05, 4.69) is 17.2 Å². The molecule has 7 heteroatoms. The number of aromatic nitrogens is 1. The van der Waals surface area contributed by atoms with E-state index in [0.717, 1.165) is 22.7 Å². The topological polar surface area (TPSA) is 68.0 Å². The standard InChI is InChI=1S/C15H19N3OS.2ClH/c1-2-12-9-18-15(20-12)10-17-14(19)8-7-11-5-3-4-6-13(11)16;;/h3-6,9H,2,7-8,10,16H2,1H3,(H,17,19);2*1H. The van der Waals surface area contributed by atoms with Crippen molar-refractivity contribution < 1.29 is 4.79 Å². The molecular weight excluding hydrogens is 341 g/mol. The smallest absolute Gasteiger partial charge is 0.220 e. The molecule has 3 N–H and O–H groups in total. The van der Waals surface area contributed by atoms with Crippen LogP contribution < -0.4 is 11.1 Å². The van der Waals surface area contributed by atoms with Gasteiger partial charge in [-0.25, -0.2) is 4.98 Å². The number of nitrogen functional groups attached to an aromatic ring is 1. The Bertz CT molecular complexity index is 590. The Hall–Kier alpha value is -1.30. The number of amides is 1. The van der Waals surface area contributed by atoms with Gasteiger partial charge in [0.05, 0.1) is 6.54 Å². The van der Waals surface area contributed by atoms with Crippen molar-refractivity contribution in [2.45, 2.75) is 32.7 Å². The van der Waals surface area contributed by atoms with Crippen LogP contribution in [0.4, 0.5) is 5.69 Å². The monoisotopic (exact) mass is 361 g/mol. The normalized spacial score (nSPS) is 9.50. The summed E-state index contributed by atoms with van der Waals surface area (Å²) in [6, 6.07) is 7.64. The predicted octanol–water partition coefficient (Wildman–Crippen LogP) is 3.38. The van der Waals surface area contributed by atoms with Gasteiger partial charge in [-0.3, -0.25) is 4.79 Å². The summed E-state index contributed by atoms with van der Waals surface area (Å²) in [6.45, 7) is 2.61. The number of aryl methyl sites for hydroxylation is 2. The van der Waals surface area contributed by atoms with Crippen molar-refractivity contribution in [2.75, 3.05) is 5.73 Å². The van der Waals surface area contributed by atoms with E-state index in [9.17, 15) is 4.79 Å². The summed E-state index contributed by atoms with van der Waals surface area (Å²) >= 11 is 1.65. The minimum atomic E-state index is 0. The van der Waals surface area contributed by atoms with E-state index in [1.54, 1.807) is 11.3 Å². The van der Waals surface area contributed by atoms with E-state index < -0.39 is 0 Å².